The van der Waals surface area contributed by atoms with Crippen molar-refractivity contribution in [1.82, 2.24) is 10.2 Å². The van der Waals surface area contributed by atoms with E-state index in [1.165, 1.54) is 29.5 Å². The molecule has 0 fully saturated rings. The van der Waals surface area contributed by atoms with Crippen molar-refractivity contribution in [2.75, 3.05) is 16.4 Å². The Balaban J connectivity index is 1.27. The first-order chi connectivity index (χ1) is 15.3. The van der Waals surface area contributed by atoms with E-state index in [1.807, 2.05) is 0 Å². The lowest BCUT2D eigenvalue weighted by Gasteiger charge is -2.05. The zero-order chi connectivity index (χ0) is 22.7. The van der Waals surface area contributed by atoms with Crippen LogP contribution in [0.1, 0.15) is 0 Å². The summed E-state index contributed by atoms with van der Waals surface area (Å²) in [6, 6.07) is 10.4. The Morgan fingerprint density at radius 1 is 1.06 bits per heavy atom. The molecule has 0 spiro atoms. The standard InChI is InChI=1S/C18H12F4N4O3S3/c19-15(20)31-11-4-1-9(2-5-11)24-16-25-26-17(32-16)30-8-14(27)23-10-3-6-12-13(7-10)29-18(21,22)28-12/h1-7,15H,8H2,(H,23,27)(H,24,25). The molecular formula is C18H12F4N4O3S3. The summed E-state index contributed by atoms with van der Waals surface area (Å²) in [7, 11) is 0. The number of benzene rings is 2. The van der Waals surface area contributed by atoms with Gasteiger partial charge in [-0.25, -0.2) is 0 Å². The number of nitrogens with zero attached hydrogens (tertiary/aromatic N) is 2. The van der Waals surface area contributed by atoms with Crippen molar-refractivity contribution >= 4 is 57.3 Å². The van der Waals surface area contributed by atoms with E-state index in [9.17, 15) is 22.4 Å². The van der Waals surface area contributed by atoms with Crippen LogP contribution in [0.5, 0.6) is 11.5 Å². The lowest BCUT2D eigenvalue weighted by Crippen LogP contribution is -2.25. The van der Waals surface area contributed by atoms with Crippen molar-refractivity contribution in [3.05, 3.63) is 42.5 Å². The largest absolute Gasteiger partial charge is 0.586 e. The molecule has 2 aromatic carbocycles. The number of thioether (sulfide) groups is 2. The van der Waals surface area contributed by atoms with Gasteiger partial charge in [-0.05, 0) is 36.4 Å². The maximum absolute atomic E-state index is 13.1. The molecule has 2 heterocycles. The maximum Gasteiger partial charge on any atom is 0.586 e. The molecule has 14 heteroatoms. The van der Waals surface area contributed by atoms with Gasteiger partial charge >= 0.3 is 6.29 Å². The minimum absolute atomic E-state index is 0.0127. The summed E-state index contributed by atoms with van der Waals surface area (Å²) >= 11 is 2.81. The van der Waals surface area contributed by atoms with Crippen LogP contribution in [0.15, 0.2) is 51.7 Å². The zero-order valence-electron chi connectivity index (χ0n) is 15.7. The van der Waals surface area contributed by atoms with Crippen molar-refractivity contribution in [3.8, 4) is 11.5 Å². The van der Waals surface area contributed by atoms with Gasteiger partial charge in [-0.15, -0.1) is 19.0 Å². The molecule has 0 radical (unpaired) electrons. The second kappa shape index (κ2) is 9.42. The number of nitrogens with one attached hydrogen (secondary N) is 2. The van der Waals surface area contributed by atoms with Gasteiger partial charge in [-0.3, -0.25) is 4.79 Å². The van der Waals surface area contributed by atoms with Gasteiger partial charge in [0.05, 0.1) is 5.75 Å². The number of carbonyl (C=O) groups is 1. The molecule has 0 atom stereocenters. The van der Waals surface area contributed by atoms with Crippen LogP contribution < -0.4 is 20.1 Å². The van der Waals surface area contributed by atoms with Gasteiger partial charge in [-0.1, -0.05) is 34.9 Å². The lowest BCUT2D eigenvalue weighted by atomic mass is 10.3. The molecule has 32 heavy (non-hydrogen) atoms. The van der Waals surface area contributed by atoms with Crippen LogP contribution in [0.25, 0.3) is 0 Å². The number of halogens is 4. The summed E-state index contributed by atoms with van der Waals surface area (Å²) in [5, 5.41) is 14.0. The average Bonchev–Trinajstić information content (AvgIpc) is 3.29. The minimum atomic E-state index is -3.72. The summed E-state index contributed by atoms with van der Waals surface area (Å²) in [6.45, 7) is 0. The van der Waals surface area contributed by atoms with Gasteiger partial charge in [0, 0.05) is 22.3 Å². The quantitative estimate of drug-likeness (QED) is 0.301. The smallest absolute Gasteiger partial charge is 0.395 e. The monoisotopic (exact) mass is 504 g/mol. The molecule has 1 amide bonds. The van der Waals surface area contributed by atoms with Gasteiger partial charge in [0.25, 0.3) is 5.76 Å². The molecule has 0 saturated carbocycles. The van der Waals surface area contributed by atoms with Gasteiger partial charge in [0.15, 0.2) is 15.8 Å². The molecule has 0 aliphatic carbocycles. The number of fused-ring (bicyclic) bond motifs is 1. The lowest BCUT2D eigenvalue weighted by molar-refractivity contribution is -0.286. The Morgan fingerprint density at radius 3 is 2.53 bits per heavy atom. The van der Waals surface area contributed by atoms with Gasteiger partial charge < -0.3 is 20.1 Å². The third-order valence-corrected chi connectivity index (χ3v) is 6.44. The topological polar surface area (TPSA) is 85.4 Å². The third-order valence-electron chi connectivity index (χ3n) is 3.75. The fraction of sp³-hybridized carbons (Fsp3) is 0.167. The molecule has 2 N–H and O–H groups in total. The van der Waals surface area contributed by atoms with Crippen LogP contribution in [0, 0.1) is 0 Å². The first kappa shape index (κ1) is 22.5. The highest BCUT2D eigenvalue weighted by atomic mass is 32.2. The van der Waals surface area contributed by atoms with Crippen LogP contribution in [-0.4, -0.2) is 33.9 Å². The highest BCUT2D eigenvalue weighted by molar-refractivity contribution is 8.01. The Hall–Kier alpha value is -2.71. The fourth-order valence-electron chi connectivity index (χ4n) is 2.51. The Kier molecular flexibility index (Phi) is 6.62. The number of hydrogen-bond donors (Lipinski definition) is 2. The summed E-state index contributed by atoms with van der Waals surface area (Å²) in [5.74, 6) is -3.13. The summed E-state index contributed by atoms with van der Waals surface area (Å²) in [5.41, 5.74) is 0.936. The van der Waals surface area contributed by atoms with Crippen molar-refractivity contribution in [1.29, 1.82) is 0 Å². The molecule has 1 aliphatic heterocycles. The first-order valence-corrected chi connectivity index (χ1v) is 11.4. The molecular weight excluding hydrogens is 492 g/mol. The summed E-state index contributed by atoms with van der Waals surface area (Å²) < 4.78 is 60.0. The van der Waals surface area contributed by atoms with E-state index in [1.54, 1.807) is 24.3 Å². The van der Waals surface area contributed by atoms with Gasteiger partial charge in [-0.2, -0.15) is 8.78 Å². The number of alkyl halides is 4. The number of hydrogen-bond acceptors (Lipinski definition) is 9. The highest BCUT2D eigenvalue weighted by Crippen LogP contribution is 2.42. The van der Waals surface area contributed by atoms with E-state index in [-0.39, 0.29) is 28.8 Å². The average molecular weight is 505 g/mol. The van der Waals surface area contributed by atoms with Crippen molar-refractivity contribution in [2.45, 2.75) is 21.3 Å². The summed E-state index contributed by atoms with van der Waals surface area (Å²) in [4.78, 5) is 12.6. The fourth-order valence-corrected chi connectivity index (χ4v) is 4.58. The molecule has 1 aromatic heterocycles. The highest BCUT2D eigenvalue weighted by Gasteiger charge is 2.43. The first-order valence-electron chi connectivity index (χ1n) is 8.74. The molecule has 1 aliphatic rings. The van der Waals surface area contributed by atoms with Crippen molar-refractivity contribution in [3.63, 3.8) is 0 Å². The predicted octanol–water partition coefficient (Wildman–Crippen LogP) is 5.65. The minimum Gasteiger partial charge on any atom is -0.395 e. The third kappa shape index (κ3) is 5.95. The molecule has 7 nitrogen and oxygen atoms in total. The van der Waals surface area contributed by atoms with E-state index in [0.717, 1.165) is 11.8 Å². The molecule has 0 unspecified atom stereocenters. The SMILES string of the molecule is O=C(CSc1nnc(Nc2ccc(SC(F)F)cc2)s1)Nc1ccc2c(c1)OC(F)(F)O2. The number of anilines is 3. The van der Waals surface area contributed by atoms with Crippen LogP contribution in [-0.2, 0) is 4.79 Å². The second-order valence-corrected chi connectivity index (χ2v) is 9.33. The van der Waals surface area contributed by atoms with Gasteiger partial charge in [0.1, 0.15) is 0 Å². The van der Waals surface area contributed by atoms with Crippen LogP contribution in [0.3, 0.4) is 0 Å². The molecule has 0 bridgehead atoms. The van der Waals surface area contributed by atoms with E-state index in [4.69, 9.17) is 0 Å². The Labute approximate surface area is 190 Å². The maximum atomic E-state index is 13.1. The Morgan fingerprint density at radius 2 is 1.78 bits per heavy atom. The van der Waals surface area contributed by atoms with Gasteiger partial charge in [0.2, 0.25) is 11.0 Å². The number of amides is 1. The van der Waals surface area contributed by atoms with E-state index in [0.29, 0.717) is 31.8 Å². The zero-order valence-corrected chi connectivity index (χ0v) is 18.1. The molecule has 168 valence electrons. The Bertz CT molecular complexity index is 1120. The van der Waals surface area contributed by atoms with E-state index >= 15 is 0 Å². The molecule has 3 aromatic rings. The number of carbonyl (C=O) groups excluding carboxylic acids is 1. The second-order valence-electron chi connectivity index (χ2n) is 6.07. The van der Waals surface area contributed by atoms with Crippen LogP contribution >= 0.6 is 34.9 Å². The van der Waals surface area contributed by atoms with Crippen molar-refractivity contribution in [2.24, 2.45) is 0 Å². The number of rotatable bonds is 8. The molecule has 0 saturated heterocycles. The summed E-state index contributed by atoms with van der Waals surface area (Å²) in [6.07, 6.45) is -3.72. The predicted molar refractivity (Wildman–Crippen MR) is 113 cm³/mol. The van der Waals surface area contributed by atoms with Crippen LogP contribution in [0.4, 0.5) is 34.1 Å². The normalized spacial score (nSPS) is 13.9. The molecule has 4 rings (SSSR count). The van der Waals surface area contributed by atoms with Crippen LogP contribution in [0.2, 0.25) is 0 Å². The van der Waals surface area contributed by atoms with E-state index in [2.05, 4.69) is 30.3 Å². The van der Waals surface area contributed by atoms with Crippen molar-refractivity contribution < 1.29 is 31.8 Å². The van der Waals surface area contributed by atoms with E-state index < -0.39 is 12.1 Å². The number of aromatic nitrogens is 2. The number of ether oxygens (including phenoxy) is 2.